The van der Waals surface area contributed by atoms with Crippen molar-refractivity contribution in [1.29, 1.82) is 0 Å². The fraction of sp³-hybridized carbons (Fsp3) is 0.526. The van der Waals surface area contributed by atoms with E-state index in [0.717, 1.165) is 48.0 Å². The van der Waals surface area contributed by atoms with E-state index >= 15 is 0 Å². The minimum absolute atomic E-state index is 0.0666. The molecule has 5 heteroatoms. The Morgan fingerprint density at radius 2 is 2.12 bits per heavy atom. The van der Waals surface area contributed by atoms with Gasteiger partial charge in [0.2, 0.25) is 0 Å². The summed E-state index contributed by atoms with van der Waals surface area (Å²) in [5.74, 6) is 0. The summed E-state index contributed by atoms with van der Waals surface area (Å²) in [6.45, 7) is 8.98. The van der Waals surface area contributed by atoms with Crippen LogP contribution in [0, 0.1) is 0 Å². The molecule has 2 heterocycles. The quantitative estimate of drug-likeness (QED) is 0.879. The molecule has 0 saturated carbocycles. The fourth-order valence-corrected chi connectivity index (χ4v) is 3.16. The summed E-state index contributed by atoms with van der Waals surface area (Å²) in [5.41, 5.74) is 3.03. The molecule has 1 aliphatic heterocycles. The number of halogens is 1. The van der Waals surface area contributed by atoms with Gasteiger partial charge in [-0.2, -0.15) is 5.10 Å². The summed E-state index contributed by atoms with van der Waals surface area (Å²) in [4.78, 5) is 0. The van der Waals surface area contributed by atoms with Crippen molar-refractivity contribution in [3.8, 4) is 11.3 Å². The average molecular weight is 348 g/mol. The van der Waals surface area contributed by atoms with Crippen molar-refractivity contribution in [3.63, 3.8) is 0 Å². The zero-order valence-electron chi connectivity index (χ0n) is 14.7. The lowest BCUT2D eigenvalue weighted by molar-refractivity contribution is 0.110. The molecule has 1 unspecified atom stereocenters. The number of rotatable bonds is 5. The lowest BCUT2D eigenvalue weighted by Crippen LogP contribution is -2.26. The first-order chi connectivity index (χ1) is 11.4. The van der Waals surface area contributed by atoms with Gasteiger partial charge >= 0.3 is 0 Å². The first kappa shape index (κ1) is 17.5. The van der Waals surface area contributed by atoms with E-state index in [-0.39, 0.29) is 5.54 Å². The molecule has 24 heavy (non-hydrogen) atoms. The second-order valence-electron chi connectivity index (χ2n) is 7.36. The third-order valence-electron chi connectivity index (χ3n) is 4.32. The summed E-state index contributed by atoms with van der Waals surface area (Å²) in [6, 6.07) is 7.89. The monoisotopic (exact) mass is 347 g/mol. The zero-order chi connectivity index (χ0) is 17.2. The van der Waals surface area contributed by atoms with Crippen molar-refractivity contribution in [3.05, 3.63) is 41.0 Å². The molecule has 0 spiro atoms. The first-order valence-corrected chi connectivity index (χ1v) is 8.99. The van der Waals surface area contributed by atoms with Gasteiger partial charge in [-0.1, -0.05) is 29.8 Å². The normalized spacial score (nSPS) is 18.2. The second-order valence-corrected chi connectivity index (χ2v) is 7.77. The third kappa shape index (κ3) is 4.00. The number of benzene rings is 1. The van der Waals surface area contributed by atoms with Gasteiger partial charge in [-0.25, -0.2) is 0 Å². The molecule has 1 saturated heterocycles. The van der Waals surface area contributed by atoms with E-state index in [0.29, 0.717) is 6.10 Å². The van der Waals surface area contributed by atoms with E-state index < -0.39 is 0 Å². The topological polar surface area (TPSA) is 39.1 Å². The molecular weight excluding hydrogens is 322 g/mol. The minimum Gasteiger partial charge on any atom is -0.377 e. The predicted octanol–water partition coefficient (Wildman–Crippen LogP) is 4.23. The lowest BCUT2D eigenvalue weighted by atomic mass is 10.1. The zero-order valence-corrected chi connectivity index (χ0v) is 15.4. The van der Waals surface area contributed by atoms with Crippen molar-refractivity contribution < 1.29 is 4.74 Å². The number of hydrogen-bond donors (Lipinski definition) is 1. The standard InChI is InChI=1S/C19H26ClN3O/c1-19(2,3)23-13-14(11-21-12-15-7-6-10-24-15)18(22-23)16-8-4-5-9-17(16)20/h4-5,8-9,13,15,21H,6-7,10-12H2,1-3H3. The van der Waals surface area contributed by atoms with Crippen LogP contribution in [0.1, 0.15) is 39.2 Å². The molecule has 0 amide bonds. The molecule has 1 aromatic carbocycles. The van der Waals surface area contributed by atoms with Gasteiger partial charge in [-0.15, -0.1) is 0 Å². The Hall–Kier alpha value is -1.36. The van der Waals surface area contributed by atoms with Crippen molar-refractivity contribution in [1.82, 2.24) is 15.1 Å². The molecule has 2 aromatic rings. The van der Waals surface area contributed by atoms with Gasteiger partial charge in [0.15, 0.2) is 0 Å². The molecule has 0 aliphatic carbocycles. The first-order valence-electron chi connectivity index (χ1n) is 8.61. The maximum absolute atomic E-state index is 6.40. The van der Waals surface area contributed by atoms with E-state index in [2.05, 4.69) is 32.3 Å². The Morgan fingerprint density at radius 1 is 1.33 bits per heavy atom. The summed E-state index contributed by atoms with van der Waals surface area (Å²) in [6.07, 6.45) is 4.78. The van der Waals surface area contributed by atoms with Gasteiger partial charge in [-0.3, -0.25) is 4.68 Å². The summed E-state index contributed by atoms with van der Waals surface area (Å²) < 4.78 is 7.70. The number of ether oxygens (including phenoxy) is 1. The van der Waals surface area contributed by atoms with Crippen LogP contribution < -0.4 is 5.32 Å². The van der Waals surface area contributed by atoms with E-state index in [1.165, 1.54) is 6.42 Å². The molecular formula is C19H26ClN3O. The maximum atomic E-state index is 6.40. The third-order valence-corrected chi connectivity index (χ3v) is 4.65. The largest absolute Gasteiger partial charge is 0.377 e. The smallest absolute Gasteiger partial charge is 0.0983 e. The molecule has 1 fully saturated rings. The van der Waals surface area contributed by atoms with E-state index in [9.17, 15) is 0 Å². The molecule has 4 nitrogen and oxygen atoms in total. The van der Waals surface area contributed by atoms with E-state index in [1.54, 1.807) is 0 Å². The van der Waals surface area contributed by atoms with Crippen LogP contribution in [0.4, 0.5) is 0 Å². The molecule has 1 N–H and O–H groups in total. The number of hydrogen-bond acceptors (Lipinski definition) is 3. The van der Waals surface area contributed by atoms with E-state index in [1.807, 2.05) is 28.9 Å². The van der Waals surface area contributed by atoms with Gasteiger partial charge in [0.25, 0.3) is 0 Å². The van der Waals surface area contributed by atoms with Gasteiger partial charge in [0.05, 0.1) is 22.4 Å². The Labute approximate surface area is 149 Å². The van der Waals surface area contributed by atoms with Crippen LogP contribution >= 0.6 is 11.6 Å². The highest BCUT2D eigenvalue weighted by Crippen LogP contribution is 2.30. The Kier molecular flexibility index (Phi) is 5.28. The molecule has 0 radical (unpaired) electrons. The summed E-state index contributed by atoms with van der Waals surface area (Å²) >= 11 is 6.40. The van der Waals surface area contributed by atoms with E-state index in [4.69, 9.17) is 21.4 Å². The van der Waals surface area contributed by atoms with Crippen molar-refractivity contribution in [2.45, 2.75) is 51.8 Å². The van der Waals surface area contributed by atoms with Crippen molar-refractivity contribution in [2.24, 2.45) is 0 Å². The van der Waals surface area contributed by atoms with Gasteiger partial charge in [0.1, 0.15) is 0 Å². The van der Waals surface area contributed by atoms with Gasteiger partial charge < -0.3 is 10.1 Å². The van der Waals surface area contributed by atoms with Crippen LogP contribution in [0.25, 0.3) is 11.3 Å². The Balaban J connectivity index is 1.83. The van der Waals surface area contributed by atoms with Crippen LogP contribution in [-0.4, -0.2) is 29.0 Å². The van der Waals surface area contributed by atoms with Crippen molar-refractivity contribution >= 4 is 11.6 Å². The fourth-order valence-electron chi connectivity index (χ4n) is 2.94. The molecule has 1 aromatic heterocycles. The highest BCUT2D eigenvalue weighted by Gasteiger charge is 2.21. The molecule has 3 rings (SSSR count). The summed E-state index contributed by atoms with van der Waals surface area (Å²) in [5, 5.41) is 9.07. The van der Waals surface area contributed by atoms with Crippen LogP contribution in [0.15, 0.2) is 30.5 Å². The van der Waals surface area contributed by atoms with Crippen molar-refractivity contribution in [2.75, 3.05) is 13.2 Å². The van der Waals surface area contributed by atoms with Gasteiger partial charge in [0, 0.05) is 37.0 Å². The SMILES string of the molecule is CC(C)(C)n1cc(CNCC2CCCO2)c(-c2ccccc2Cl)n1. The second kappa shape index (κ2) is 7.26. The van der Waals surface area contributed by atoms with Crippen LogP contribution in [0.3, 0.4) is 0 Å². The summed E-state index contributed by atoms with van der Waals surface area (Å²) in [7, 11) is 0. The lowest BCUT2D eigenvalue weighted by Gasteiger charge is -2.19. The highest BCUT2D eigenvalue weighted by molar-refractivity contribution is 6.33. The average Bonchev–Trinajstić information content (AvgIpc) is 3.17. The van der Waals surface area contributed by atoms with Gasteiger partial charge in [-0.05, 0) is 39.7 Å². The molecule has 0 bridgehead atoms. The highest BCUT2D eigenvalue weighted by atomic mass is 35.5. The molecule has 1 aliphatic rings. The predicted molar refractivity (Wildman–Crippen MR) is 98.3 cm³/mol. The number of nitrogens with one attached hydrogen (secondary N) is 1. The molecule has 130 valence electrons. The molecule has 1 atom stereocenters. The maximum Gasteiger partial charge on any atom is 0.0983 e. The number of aromatic nitrogens is 2. The van der Waals surface area contributed by atoms with Crippen LogP contribution in [0.5, 0.6) is 0 Å². The Bertz CT molecular complexity index is 684. The van der Waals surface area contributed by atoms with Crippen LogP contribution in [0.2, 0.25) is 5.02 Å². The Morgan fingerprint density at radius 3 is 2.79 bits per heavy atom. The van der Waals surface area contributed by atoms with Crippen LogP contribution in [-0.2, 0) is 16.8 Å². The number of nitrogens with zero attached hydrogens (tertiary/aromatic N) is 2. The minimum atomic E-state index is -0.0666.